The van der Waals surface area contributed by atoms with Gasteiger partial charge in [0.15, 0.2) is 0 Å². The van der Waals surface area contributed by atoms with Crippen LogP contribution < -0.4 is 9.64 Å². The summed E-state index contributed by atoms with van der Waals surface area (Å²) in [6.45, 7) is 2.10. The molecule has 1 fully saturated rings. The Balaban J connectivity index is 1.73. The quantitative estimate of drug-likeness (QED) is 0.753. The summed E-state index contributed by atoms with van der Waals surface area (Å²) in [4.78, 5) is 14.4. The maximum atomic E-state index is 12.5. The number of carbonyl (C=O) groups excluding carboxylic acids is 1. The topological polar surface area (TPSA) is 29.5 Å². The summed E-state index contributed by atoms with van der Waals surface area (Å²) >= 11 is 0. The van der Waals surface area contributed by atoms with Crippen LogP contribution >= 0.6 is 0 Å². The monoisotopic (exact) mass is 309 g/mol. The smallest absolute Gasteiger partial charge is 0.232 e. The summed E-state index contributed by atoms with van der Waals surface area (Å²) in [5.41, 5.74) is 2.30. The molecular formula is C20H23NO2. The highest BCUT2D eigenvalue weighted by Gasteiger charge is 2.46. The predicted molar refractivity (Wildman–Crippen MR) is 92.8 cm³/mol. The lowest BCUT2D eigenvalue weighted by molar-refractivity contribution is -0.130. The summed E-state index contributed by atoms with van der Waals surface area (Å²) in [7, 11) is 1.65. The molecule has 1 heterocycles. The van der Waals surface area contributed by atoms with Gasteiger partial charge < -0.3 is 9.64 Å². The Kier molecular flexibility index (Phi) is 4.65. The molecule has 2 aromatic rings. The Hall–Kier alpha value is -2.29. The van der Waals surface area contributed by atoms with Gasteiger partial charge in [0.2, 0.25) is 5.91 Å². The van der Waals surface area contributed by atoms with Crippen molar-refractivity contribution in [2.75, 3.05) is 12.0 Å². The molecule has 120 valence electrons. The Morgan fingerprint density at radius 3 is 2.35 bits per heavy atom. The number of amides is 1. The van der Waals surface area contributed by atoms with Crippen LogP contribution in [0.5, 0.6) is 5.75 Å². The highest BCUT2D eigenvalue weighted by molar-refractivity contribution is 6.02. The average Bonchev–Trinajstić information content (AvgIpc) is 2.60. The van der Waals surface area contributed by atoms with Crippen LogP contribution in [0.4, 0.5) is 5.69 Å². The van der Waals surface area contributed by atoms with Crippen molar-refractivity contribution in [3.63, 3.8) is 0 Å². The van der Waals surface area contributed by atoms with Gasteiger partial charge in [-0.1, -0.05) is 37.3 Å². The van der Waals surface area contributed by atoms with Crippen LogP contribution in [-0.2, 0) is 11.2 Å². The van der Waals surface area contributed by atoms with Crippen molar-refractivity contribution in [3.8, 4) is 5.75 Å². The predicted octanol–water partition coefficient (Wildman–Crippen LogP) is 4.07. The number of benzene rings is 2. The third-order valence-corrected chi connectivity index (χ3v) is 4.71. The molecule has 1 unspecified atom stereocenters. The largest absolute Gasteiger partial charge is 0.497 e. The first-order valence-electron chi connectivity index (χ1n) is 8.25. The standard InChI is InChI=1S/C20H23NO2/c1-3-18-19(14-9-15-7-5-4-6-8-15)21(20(18)22)16-10-12-17(23-2)13-11-16/h4-8,10-13,18-19H,3,9,14H2,1-2H3/t18?,19-/m1/s1. The molecule has 1 amide bonds. The SMILES string of the molecule is CCC1C(=O)N(c2ccc(OC)cc2)[C@@H]1CCc1ccccc1. The molecule has 0 saturated carbocycles. The Labute approximate surface area is 137 Å². The maximum absolute atomic E-state index is 12.5. The minimum absolute atomic E-state index is 0.154. The van der Waals surface area contributed by atoms with E-state index in [4.69, 9.17) is 4.74 Å². The normalized spacial score (nSPS) is 20.3. The molecule has 0 aromatic heterocycles. The zero-order valence-corrected chi connectivity index (χ0v) is 13.7. The van der Waals surface area contributed by atoms with Gasteiger partial charge in [-0.2, -0.15) is 0 Å². The van der Waals surface area contributed by atoms with E-state index < -0.39 is 0 Å². The van der Waals surface area contributed by atoms with Crippen molar-refractivity contribution in [1.29, 1.82) is 0 Å². The molecule has 3 nitrogen and oxygen atoms in total. The fourth-order valence-corrected chi connectivity index (χ4v) is 3.40. The molecule has 0 bridgehead atoms. The van der Waals surface area contributed by atoms with Crippen LogP contribution in [0.25, 0.3) is 0 Å². The van der Waals surface area contributed by atoms with Crippen molar-refractivity contribution < 1.29 is 9.53 Å². The van der Waals surface area contributed by atoms with Gasteiger partial charge in [0.1, 0.15) is 5.75 Å². The van der Waals surface area contributed by atoms with Crippen LogP contribution in [0.2, 0.25) is 0 Å². The maximum Gasteiger partial charge on any atom is 0.232 e. The minimum Gasteiger partial charge on any atom is -0.497 e. The molecule has 0 aliphatic carbocycles. The first-order chi connectivity index (χ1) is 11.2. The number of rotatable bonds is 6. The molecular weight excluding hydrogens is 286 g/mol. The summed E-state index contributed by atoms with van der Waals surface area (Å²) < 4.78 is 5.20. The number of carbonyl (C=O) groups is 1. The molecule has 23 heavy (non-hydrogen) atoms. The number of nitrogens with zero attached hydrogens (tertiary/aromatic N) is 1. The van der Waals surface area contributed by atoms with Crippen LogP contribution in [0.3, 0.4) is 0 Å². The van der Waals surface area contributed by atoms with Gasteiger partial charge in [-0.15, -0.1) is 0 Å². The van der Waals surface area contributed by atoms with E-state index in [1.807, 2.05) is 35.2 Å². The van der Waals surface area contributed by atoms with Crippen molar-refractivity contribution in [2.24, 2.45) is 5.92 Å². The van der Waals surface area contributed by atoms with Crippen LogP contribution in [-0.4, -0.2) is 19.1 Å². The zero-order valence-electron chi connectivity index (χ0n) is 13.7. The van der Waals surface area contributed by atoms with Crippen LogP contribution in [0.15, 0.2) is 54.6 Å². The molecule has 0 radical (unpaired) electrons. The van der Waals surface area contributed by atoms with E-state index in [2.05, 4.69) is 31.2 Å². The first-order valence-corrected chi connectivity index (χ1v) is 8.25. The van der Waals surface area contributed by atoms with E-state index >= 15 is 0 Å². The van der Waals surface area contributed by atoms with Crippen molar-refractivity contribution in [1.82, 2.24) is 0 Å². The Morgan fingerprint density at radius 1 is 1.04 bits per heavy atom. The fourth-order valence-electron chi connectivity index (χ4n) is 3.40. The van der Waals surface area contributed by atoms with Gasteiger partial charge in [0, 0.05) is 11.7 Å². The second-order valence-corrected chi connectivity index (χ2v) is 6.01. The number of aryl methyl sites for hydroxylation is 1. The Morgan fingerprint density at radius 2 is 1.74 bits per heavy atom. The van der Waals surface area contributed by atoms with Crippen molar-refractivity contribution in [2.45, 2.75) is 32.2 Å². The number of β-lactam (4-membered cyclic amide) rings is 1. The van der Waals surface area contributed by atoms with Crippen molar-refractivity contribution >= 4 is 11.6 Å². The number of anilines is 1. The number of hydrogen-bond donors (Lipinski definition) is 0. The molecule has 1 aliphatic rings. The van der Waals surface area contributed by atoms with Gasteiger partial charge in [0.25, 0.3) is 0 Å². The molecule has 3 heteroatoms. The highest BCUT2D eigenvalue weighted by atomic mass is 16.5. The van der Waals surface area contributed by atoms with Crippen LogP contribution in [0.1, 0.15) is 25.3 Å². The molecule has 0 N–H and O–H groups in total. The average molecular weight is 309 g/mol. The fraction of sp³-hybridized carbons (Fsp3) is 0.350. The van der Waals surface area contributed by atoms with E-state index in [1.165, 1.54) is 5.56 Å². The van der Waals surface area contributed by atoms with Gasteiger partial charge in [-0.05, 0) is 49.1 Å². The third-order valence-electron chi connectivity index (χ3n) is 4.71. The Bertz CT molecular complexity index is 651. The highest BCUT2D eigenvalue weighted by Crippen LogP contribution is 2.37. The van der Waals surface area contributed by atoms with Gasteiger partial charge in [-0.25, -0.2) is 0 Å². The molecule has 3 rings (SSSR count). The summed E-state index contributed by atoms with van der Waals surface area (Å²) in [5, 5.41) is 0. The number of methoxy groups -OCH3 is 1. The lowest BCUT2D eigenvalue weighted by Crippen LogP contribution is -2.61. The van der Waals surface area contributed by atoms with Gasteiger partial charge in [0.05, 0.1) is 13.0 Å². The number of ether oxygens (including phenoxy) is 1. The molecule has 0 spiro atoms. The molecule has 1 aliphatic heterocycles. The van der Waals surface area contributed by atoms with E-state index in [0.29, 0.717) is 6.04 Å². The lowest BCUT2D eigenvalue weighted by atomic mass is 9.81. The zero-order chi connectivity index (χ0) is 16.2. The third kappa shape index (κ3) is 3.09. The minimum atomic E-state index is 0.154. The molecule has 1 saturated heterocycles. The molecule has 2 aromatic carbocycles. The molecule has 2 atom stereocenters. The summed E-state index contributed by atoms with van der Waals surface area (Å²) in [5.74, 6) is 1.21. The van der Waals surface area contributed by atoms with E-state index in [1.54, 1.807) is 7.11 Å². The second-order valence-electron chi connectivity index (χ2n) is 6.01. The van der Waals surface area contributed by atoms with Gasteiger partial charge >= 0.3 is 0 Å². The van der Waals surface area contributed by atoms with E-state index in [0.717, 1.165) is 30.7 Å². The second kappa shape index (κ2) is 6.86. The summed E-state index contributed by atoms with van der Waals surface area (Å²) in [6, 6.07) is 18.5. The number of hydrogen-bond acceptors (Lipinski definition) is 2. The summed E-state index contributed by atoms with van der Waals surface area (Å²) in [6.07, 6.45) is 2.91. The lowest BCUT2D eigenvalue weighted by Gasteiger charge is -2.47. The van der Waals surface area contributed by atoms with E-state index in [-0.39, 0.29) is 11.8 Å². The van der Waals surface area contributed by atoms with E-state index in [9.17, 15) is 4.79 Å². The van der Waals surface area contributed by atoms with Gasteiger partial charge in [-0.3, -0.25) is 4.79 Å². The van der Waals surface area contributed by atoms with Crippen LogP contribution in [0, 0.1) is 5.92 Å². The van der Waals surface area contributed by atoms with Crippen molar-refractivity contribution in [3.05, 3.63) is 60.2 Å². The first kappa shape index (κ1) is 15.6.